The van der Waals surface area contributed by atoms with Gasteiger partial charge in [-0.2, -0.15) is 0 Å². The molecule has 0 aliphatic heterocycles. The summed E-state index contributed by atoms with van der Waals surface area (Å²) >= 11 is 0. The highest BCUT2D eigenvalue weighted by Crippen LogP contribution is 2.54. The topological polar surface area (TPSA) is 29.1 Å². The van der Waals surface area contributed by atoms with Crippen LogP contribution in [0.3, 0.4) is 0 Å². The number of nitrogens with one attached hydrogen (secondary N) is 1. The normalized spacial score (nSPS) is 11.1. The Bertz CT molecular complexity index is 1010. The molecule has 0 aromatic heterocycles. The smallest absolute Gasteiger partial charge is 0.217 e. The Balaban J connectivity index is 2.01. The highest BCUT2D eigenvalue weighted by Gasteiger charge is 2.47. The van der Waals surface area contributed by atoms with Gasteiger partial charge in [0.25, 0.3) is 0 Å². The van der Waals surface area contributed by atoms with Gasteiger partial charge in [0, 0.05) is 13.5 Å². The van der Waals surface area contributed by atoms with Gasteiger partial charge in [-0.25, -0.2) is 0 Å². The Morgan fingerprint density at radius 2 is 1.07 bits per heavy atom. The SMILES string of the molecule is CC(=O)NCc1cccc([P+](c2ccccc2)(c2ccccc2)c2ccccc2)c1. The molecule has 4 aromatic carbocycles. The molecule has 4 rings (SSSR count). The molecular formula is C27H25NOP+. The van der Waals surface area contributed by atoms with E-state index >= 15 is 0 Å². The van der Waals surface area contributed by atoms with Gasteiger partial charge in [0.2, 0.25) is 5.91 Å². The van der Waals surface area contributed by atoms with Crippen LogP contribution in [0.25, 0.3) is 0 Å². The van der Waals surface area contributed by atoms with E-state index in [0.29, 0.717) is 6.54 Å². The van der Waals surface area contributed by atoms with Crippen molar-refractivity contribution in [2.75, 3.05) is 0 Å². The molecule has 30 heavy (non-hydrogen) atoms. The second-order valence-electron chi connectivity index (χ2n) is 7.26. The average Bonchev–Trinajstić information content (AvgIpc) is 2.81. The first kappa shape index (κ1) is 20.1. The van der Waals surface area contributed by atoms with Crippen LogP contribution in [0.5, 0.6) is 0 Å². The van der Waals surface area contributed by atoms with Crippen molar-refractivity contribution in [2.45, 2.75) is 13.5 Å². The molecule has 4 aromatic rings. The maximum absolute atomic E-state index is 11.5. The number of carbonyl (C=O) groups excluding carboxylic acids is 1. The molecule has 0 aliphatic carbocycles. The fourth-order valence-corrected chi connectivity index (χ4v) is 8.27. The van der Waals surface area contributed by atoms with E-state index in [0.717, 1.165) is 5.56 Å². The van der Waals surface area contributed by atoms with Crippen molar-refractivity contribution >= 4 is 34.4 Å². The van der Waals surface area contributed by atoms with Gasteiger partial charge in [-0.05, 0) is 54.1 Å². The van der Waals surface area contributed by atoms with Gasteiger partial charge in [-0.3, -0.25) is 4.79 Å². The third-order valence-corrected chi connectivity index (χ3v) is 9.54. The molecule has 0 unspecified atom stereocenters. The molecule has 0 heterocycles. The maximum Gasteiger partial charge on any atom is 0.217 e. The number of rotatable bonds is 6. The summed E-state index contributed by atoms with van der Waals surface area (Å²) in [5.74, 6) is -0.0179. The van der Waals surface area contributed by atoms with E-state index in [2.05, 4.69) is 121 Å². The van der Waals surface area contributed by atoms with Crippen LogP contribution in [-0.2, 0) is 11.3 Å². The fraction of sp³-hybridized carbons (Fsp3) is 0.0741. The minimum absolute atomic E-state index is 0.0179. The van der Waals surface area contributed by atoms with Crippen LogP contribution in [0.4, 0.5) is 0 Å². The first-order valence-electron chi connectivity index (χ1n) is 10.1. The van der Waals surface area contributed by atoms with Gasteiger partial charge in [-0.1, -0.05) is 66.7 Å². The molecule has 0 atom stereocenters. The largest absolute Gasteiger partial charge is 0.352 e. The van der Waals surface area contributed by atoms with Gasteiger partial charge in [0.1, 0.15) is 28.5 Å². The van der Waals surface area contributed by atoms with Crippen LogP contribution in [0.15, 0.2) is 115 Å². The van der Waals surface area contributed by atoms with E-state index < -0.39 is 7.26 Å². The predicted molar refractivity (Wildman–Crippen MR) is 129 cm³/mol. The second-order valence-corrected chi connectivity index (χ2v) is 10.7. The van der Waals surface area contributed by atoms with Crippen molar-refractivity contribution in [3.8, 4) is 0 Å². The van der Waals surface area contributed by atoms with Gasteiger partial charge < -0.3 is 5.32 Å². The minimum atomic E-state index is -2.09. The monoisotopic (exact) mass is 410 g/mol. The molecule has 0 spiro atoms. The first-order chi connectivity index (χ1) is 14.7. The minimum Gasteiger partial charge on any atom is -0.352 e. The average molecular weight is 410 g/mol. The van der Waals surface area contributed by atoms with Crippen LogP contribution in [0.2, 0.25) is 0 Å². The van der Waals surface area contributed by atoms with Crippen molar-refractivity contribution in [1.82, 2.24) is 5.32 Å². The van der Waals surface area contributed by atoms with Crippen molar-refractivity contribution in [2.24, 2.45) is 0 Å². The van der Waals surface area contributed by atoms with Crippen LogP contribution < -0.4 is 26.5 Å². The first-order valence-corrected chi connectivity index (χ1v) is 11.9. The van der Waals surface area contributed by atoms with Crippen LogP contribution in [-0.4, -0.2) is 5.91 Å². The quantitative estimate of drug-likeness (QED) is 0.480. The van der Waals surface area contributed by atoms with E-state index in [1.54, 1.807) is 6.92 Å². The zero-order valence-electron chi connectivity index (χ0n) is 17.0. The van der Waals surface area contributed by atoms with Crippen molar-refractivity contribution in [1.29, 1.82) is 0 Å². The van der Waals surface area contributed by atoms with E-state index in [4.69, 9.17) is 0 Å². The summed E-state index contributed by atoms with van der Waals surface area (Å²) in [6.45, 7) is 2.08. The summed E-state index contributed by atoms with van der Waals surface area (Å²) in [7, 11) is -2.09. The molecule has 0 bridgehead atoms. The molecule has 0 saturated carbocycles. The summed E-state index contributed by atoms with van der Waals surface area (Å²) < 4.78 is 0. The Kier molecular flexibility index (Phi) is 6.07. The lowest BCUT2D eigenvalue weighted by molar-refractivity contribution is -0.119. The molecule has 2 nitrogen and oxygen atoms in total. The van der Waals surface area contributed by atoms with Gasteiger partial charge in [0.05, 0.1) is 0 Å². The molecule has 148 valence electrons. The number of carbonyl (C=O) groups is 1. The Hall–Kier alpha value is -3.22. The van der Waals surface area contributed by atoms with Crippen LogP contribution >= 0.6 is 7.26 Å². The van der Waals surface area contributed by atoms with Crippen LogP contribution in [0, 0.1) is 0 Å². The molecule has 0 saturated heterocycles. The lowest BCUT2D eigenvalue weighted by atomic mass is 10.2. The third kappa shape index (κ3) is 3.92. The number of amides is 1. The Morgan fingerprint density at radius 3 is 1.50 bits per heavy atom. The predicted octanol–water partition coefficient (Wildman–Crippen LogP) is 3.94. The number of hydrogen-bond acceptors (Lipinski definition) is 1. The molecule has 1 amide bonds. The molecule has 1 N–H and O–H groups in total. The number of hydrogen-bond donors (Lipinski definition) is 1. The summed E-state index contributed by atoms with van der Waals surface area (Å²) in [6.07, 6.45) is 0. The second kappa shape index (κ2) is 9.07. The third-order valence-electron chi connectivity index (χ3n) is 5.27. The Labute approximate surface area is 178 Å². The molecule has 0 aliphatic rings. The lowest BCUT2D eigenvalue weighted by Gasteiger charge is -2.28. The zero-order valence-corrected chi connectivity index (χ0v) is 17.9. The molecule has 0 fully saturated rings. The number of benzene rings is 4. The van der Waals surface area contributed by atoms with Gasteiger partial charge >= 0.3 is 0 Å². The fourth-order valence-electron chi connectivity index (χ4n) is 3.95. The van der Waals surface area contributed by atoms with Crippen molar-refractivity contribution in [3.63, 3.8) is 0 Å². The van der Waals surface area contributed by atoms with E-state index in [-0.39, 0.29) is 5.91 Å². The van der Waals surface area contributed by atoms with Crippen molar-refractivity contribution in [3.05, 3.63) is 121 Å². The standard InChI is InChI=1S/C27H24NOP/c1-22(29)28-21-23-12-11-19-27(20-23)30(24-13-5-2-6-14-24,25-15-7-3-8-16-25)26-17-9-4-10-18-26/h2-20H,21H2,1H3/p+1. The van der Waals surface area contributed by atoms with E-state index in [9.17, 15) is 4.79 Å². The highest BCUT2D eigenvalue weighted by atomic mass is 31.2. The zero-order chi connectivity index (χ0) is 20.8. The highest BCUT2D eigenvalue weighted by molar-refractivity contribution is 8.01. The summed E-state index contributed by atoms with van der Waals surface area (Å²) in [4.78, 5) is 11.5. The lowest BCUT2D eigenvalue weighted by Crippen LogP contribution is -2.38. The van der Waals surface area contributed by atoms with Crippen molar-refractivity contribution < 1.29 is 4.79 Å². The summed E-state index contributed by atoms with van der Waals surface area (Å²) in [6, 6.07) is 41.1. The molecular weight excluding hydrogens is 385 g/mol. The van der Waals surface area contributed by atoms with Gasteiger partial charge in [-0.15, -0.1) is 0 Å². The Morgan fingerprint density at radius 1 is 0.633 bits per heavy atom. The van der Waals surface area contributed by atoms with Gasteiger partial charge in [0.15, 0.2) is 0 Å². The molecule has 3 heteroatoms. The summed E-state index contributed by atoms with van der Waals surface area (Å²) in [5, 5.41) is 8.18. The maximum atomic E-state index is 11.5. The molecule has 0 radical (unpaired) electrons. The van der Waals surface area contributed by atoms with Crippen LogP contribution in [0.1, 0.15) is 12.5 Å². The summed E-state index contributed by atoms with van der Waals surface area (Å²) in [5.41, 5.74) is 1.11. The van der Waals surface area contributed by atoms with E-state index in [1.807, 2.05) is 0 Å². The van der Waals surface area contributed by atoms with E-state index in [1.165, 1.54) is 21.2 Å².